The van der Waals surface area contributed by atoms with E-state index in [0.29, 0.717) is 17.2 Å². The van der Waals surface area contributed by atoms with Gasteiger partial charge in [0, 0.05) is 39.0 Å². The Kier molecular flexibility index (Phi) is 3.57. The van der Waals surface area contributed by atoms with Crippen LogP contribution >= 0.6 is 0 Å². The monoisotopic (exact) mass is 287 g/mol. The molecule has 0 bridgehead atoms. The van der Waals surface area contributed by atoms with E-state index < -0.39 is 0 Å². The SMILES string of the molecule is Cc1cc(C(=O)N(C)C[C@H]2CCn3ccnc3C2)c(C)o1. The van der Waals surface area contributed by atoms with Crippen molar-refractivity contribution < 1.29 is 9.21 Å². The number of carbonyl (C=O) groups is 1. The summed E-state index contributed by atoms with van der Waals surface area (Å²) >= 11 is 0. The molecule has 112 valence electrons. The average Bonchev–Trinajstić information content (AvgIpc) is 3.03. The van der Waals surface area contributed by atoms with E-state index >= 15 is 0 Å². The van der Waals surface area contributed by atoms with E-state index in [-0.39, 0.29) is 5.91 Å². The summed E-state index contributed by atoms with van der Waals surface area (Å²) in [5.74, 6) is 3.12. The topological polar surface area (TPSA) is 51.3 Å². The number of nitrogens with zero attached hydrogens (tertiary/aromatic N) is 3. The molecule has 0 aromatic carbocycles. The third kappa shape index (κ3) is 2.73. The molecule has 1 amide bonds. The molecule has 0 spiro atoms. The van der Waals surface area contributed by atoms with Crippen molar-refractivity contribution in [1.29, 1.82) is 0 Å². The Morgan fingerprint density at radius 1 is 1.52 bits per heavy atom. The lowest BCUT2D eigenvalue weighted by atomic mass is 9.97. The largest absolute Gasteiger partial charge is 0.466 e. The van der Waals surface area contributed by atoms with Gasteiger partial charge in [0.05, 0.1) is 5.56 Å². The molecule has 5 nitrogen and oxygen atoms in total. The Bertz CT molecular complexity index is 656. The van der Waals surface area contributed by atoms with Gasteiger partial charge in [-0.05, 0) is 32.3 Å². The minimum absolute atomic E-state index is 0.0401. The zero-order valence-corrected chi connectivity index (χ0v) is 12.8. The van der Waals surface area contributed by atoms with E-state index in [1.54, 1.807) is 4.90 Å². The summed E-state index contributed by atoms with van der Waals surface area (Å²) in [5, 5.41) is 0. The Balaban J connectivity index is 1.65. The number of rotatable bonds is 3. The van der Waals surface area contributed by atoms with E-state index in [9.17, 15) is 4.79 Å². The third-order valence-corrected chi connectivity index (χ3v) is 4.20. The van der Waals surface area contributed by atoms with Crippen LogP contribution in [0.25, 0.3) is 0 Å². The molecule has 0 fully saturated rings. The van der Waals surface area contributed by atoms with Gasteiger partial charge in [0.1, 0.15) is 17.3 Å². The van der Waals surface area contributed by atoms with E-state index in [2.05, 4.69) is 9.55 Å². The number of imidazole rings is 1. The molecule has 3 rings (SSSR count). The van der Waals surface area contributed by atoms with Crippen molar-refractivity contribution in [2.24, 2.45) is 5.92 Å². The first-order valence-electron chi connectivity index (χ1n) is 7.37. The molecule has 21 heavy (non-hydrogen) atoms. The van der Waals surface area contributed by atoms with Crippen LogP contribution in [-0.4, -0.2) is 34.0 Å². The number of aromatic nitrogens is 2. The van der Waals surface area contributed by atoms with E-state index in [4.69, 9.17) is 4.42 Å². The Labute approximate surface area is 124 Å². The molecule has 2 aromatic rings. The minimum Gasteiger partial charge on any atom is -0.466 e. The second-order valence-electron chi connectivity index (χ2n) is 5.91. The van der Waals surface area contributed by atoms with Crippen molar-refractivity contribution in [2.75, 3.05) is 13.6 Å². The van der Waals surface area contributed by atoms with Crippen LogP contribution in [0.4, 0.5) is 0 Å². The lowest BCUT2D eigenvalue weighted by molar-refractivity contribution is 0.0762. The molecular weight excluding hydrogens is 266 g/mol. The van der Waals surface area contributed by atoms with Crippen LogP contribution in [0.3, 0.4) is 0 Å². The van der Waals surface area contributed by atoms with Crippen LogP contribution in [0.1, 0.15) is 34.1 Å². The smallest absolute Gasteiger partial charge is 0.257 e. The number of aryl methyl sites for hydroxylation is 3. The predicted octanol–water partition coefficient (Wildman–Crippen LogP) is 2.43. The molecule has 0 radical (unpaired) electrons. The maximum absolute atomic E-state index is 12.5. The van der Waals surface area contributed by atoms with Gasteiger partial charge in [-0.2, -0.15) is 0 Å². The lowest BCUT2D eigenvalue weighted by Crippen LogP contribution is -2.35. The molecule has 2 aromatic heterocycles. The van der Waals surface area contributed by atoms with Crippen molar-refractivity contribution in [1.82, 2.24) is 14.5 Å². The fraction of sp³-hybridized carbons (Fsp3) is 0.500. The highest BCUT2D eigenvalue weighted by atomic mass is 16.3. The number of amides is 1. The molecule has 1 aliphatic rings. The number of fused-ring (bicyclic) bond motifs is 1. The number of hydrogen-bond donors (Lipinski definition) is 0. The number of hydrogen-bond acceptors (Lipinski definition) is 3. The van der Waals surface area contributed by atoms with Crippen LogP contribution in [-0.2, 0) is 13.0 Å². The molecule has 0 unspecified atom stereocenters. The first-order valence-corrected chi connectivity index (χ1v) is 7.37. The van der Waals surface area contributed by atoms with Gasteiger partial charge in [0.2, 0.25) is 0 Å². The summed E-state index contributed by atoms with van der Waals surface area (Å²) in [7, 11) is 1.87. The van der Waals surface area contributed by atoms with Crippen LogP contribution < -0.4 is 0 Å². The molecule has 1 atom stereocenters. The lowest BCUT2D eigenvalue weighted by Gasteiger charge is -2.27. The molecule has 5 heteroatoms. The van der Waals surface area contributed by atoms with Gasteiger partial charge in [-0.15, -0.1) is 0 Å². The van der Waals surface area contributed by atoms with Gasteiger partial charge >= 0.3 is 0 Å². The summed E-state index contributed by atoms with van der Waals surface area (Å²) in [6.45, 7) is 5.46. The van der Waals surface area contributed by atoms with Crippen molar-refractivity contribution in [3.63, 3.8) is 0 Å². The van der Waals surface area contributed by atoms with Gasteiger partial charge in [-0.25, -0.2) is 4.98 Å². The first-order chi connectivity index (χ1) is 10.0. The third-order valence-electron chi connectivity index (χ3n) is 4.20. The number of carbonyl (C=O) groups excluding carboxylic acids is 1. The zero-order valence-electron chi connectivity index (χ0n) is 12.8. The molecular formula is C16H21N3O2. The molecule has 0 saturated carbocycles. The fourth-order valence-corrected chi connectivity index (χ4v) is 3.09. The van der Waals surface area contributed by atoms with Crippen LogP contribution in [0, 0.1) is 19.8 Å². The van der Waals surface area contributed by atoms with Crippen molar-refractivity contribution in [2.45, 2.75) is 33.2 Å². The standard InChI is InChI=1S/C16H21N3O2/c1-11-8-14(12(2)21-11)16(20)18(3)10-13-4-6-19-7-5-17-15(19)9-13/h5,7-8,13H,4,6,9-10H2,1-3H3/t13-/m0/s1. The molecule has 3 heterocycles. The van der Waals surface area contributed by atoms with Gasteiger partial charge in [-0.1, -0.05) is 0 Å². The van der Waals surface area contributed by atoms with Crippen molar-refractivity contribution in [3.05, 3.63) is 41.4 Å². The number of furan rings is 1. The maximum Gasteiger partial charge on any atom is 0.257 e. The van der Waals surface area contributed by atoms with Gasteiger partial charge < -0.3 is 13.9 Å². The summed E-state index contributed by atoms with van der Waals surface area (Å²) in [5.41, 5.74) is 0.673. The summed E-state index contributed by atoms with van der Waals surface area (Å²) in [6.07, 6.45) is 5.90. The van der Waals surface area contributed by atoms with E-state index in [0.717, 1.165) is 37.5 Å². The van der Waals surface area contributed by atoms with Crippen LogP contribution in [0.15, 0.2) is 22.9 Å². The summed E-state index contributed by atoms with van der Waals surface area (Å²) in [6, 6.07) is 1.82. The van der Waals surface area contributed by atoms with E-state index in [1.807, 2.05) is 39.4 Å². The zero-order chi connectivity index (χ0) is 15.0. The maximum atomic E-state index is 12.5. The summed E-state index contributed by atoms with van der Waals surface area (Å²) < 4.78 is 7.65. The van der Waals surface area contributed by atoms with Crippen molar-refractivity contribution in [3.8, 4) is 0 Å². The van der Waals surface area contributed by atoms with Gasteiger partial charge in [0.25, 0.3) is 5.91 Å². The highest BCUT2D eigenvalue weighted by molar-refractivity contribution is 5.95. The quantitative estimate of drug-likeness (QED) is 0.871. The summed E-state index contributed by atoms with van der Waals surface area (Å²) in [4.78, 5) is 18.7. The minimum atomic E-state index is 0.0401. The first kappa shape index (κ1) is 13.9. The second kappa shape index (κ2) is 5.39. The molecule has 1 aliphatic heterocycles. The molecule has 0 aliphatic carbocycles. The average molecular weight is 287 g/mol. The van der Waals surface area contributed by atoms with Crippen LogP contribution in [0.2, 0.25) is 0 Å². The van der Waals surface area contributed by atoms with E-state index in [1.165, 1.54) is 0 Å². The highest BCUT2D eigenvalue weighted by Gasteiger charge is 2.24. The second-order valence-corrected chi connectivity index (χ2v) is 5.91. The molecule has 0 saturated heterocycles. The Hall–Kier alpha value is -2.04. The predicted molar refractivity (Wildman–Crippen MR) is 79.2 cm³/mol. The van der Waals surface area contributed by atoms with Crippen LogP contribution in [0.5, 0.6) is 0 Å². The van der Waals surface area contributed by atoms with Gasteiger partial charge in [-0.3, -0.25) is 4.79 Å². The van der Waals surface area contributed by atoms with Gasteiger partial charge in [0.15, 0.2) is 0 Å². The Morgan fingerprint density at radius 2 is 2.33 bits per heavy atom. The van der Waals surface area contributed by atoms with Crippen molar-refractivity contribution >= 4 is 5.91 Å². The fourth-order valence-electron chi connectivity index (χ4n) is 3.09. The Morgan fingerprint density at radius 3 is 3.05 bits per heavy atom. The molecule has 0 N–H and O–H groups in total. The normalized spacial score (nSPS) is 17.6. The highest BCUT2D eigenvalue weighted by Crippen LogP contribution is 2.21.